The van der Waals surface area contributed by atoms with E-state index >= 15 is 0 Å². The molecule has 7 heteroatoms. The third-order valence-electron chi connectivity index (χ3n) is 13.1. The molecule has 2 aromatic carbocycles. The summed E-state index contributed by atoms with van der Waals surface area (Å²) in [7, 11) is 7.82. The molecule has 7 nitrogen and oxygen atoms in total. The molecule has 43 heavy (non-hydrogen) atoms. The van der Waals surface area contributed by atoms with Gasteiger partial charge in [-0.15, -0.1) is 0 Å². The molecule has 1 spiro atoms. The fourth-order valence-electron chi connectivity index (χ4n) is 11.0. The number of carbonyl (C=O) groups excluding carboxylic acids is 1. The van der Waals surface area contributed by atoms with Gasteiger partial charge in [-0.3, -0.25) is 4.79 Å². The van der Waals surface area contributed by atoms with Gasteiger partial charge >= 0.3 is 0 Å². The maximum atomic E-state index is 12.7. The van der Waals surface area contributed by atoms with Gasteiger partial charge < -0.3 is 29.1 Å². The molecule has 0 unspecified atom stereocenters. The Labute approximate surface area is 255 Å². The Hall–Kier alpha value is -2.61. The first-order valence-corrected chi connectivity index (χ1v) is 16.5. The van der Waals surface area contributed by atoms with Crippen LogP contribution in [0.25, 0.3) is 0 Å². The van der Waals surface area contributed by atoms with Crippen molar-refractivity contribution in [2.75, 3.05) is 41.4 Å². The first kappa shape index (κ1) is 27.9. The van der Waals surface area contributed by atoms with E-state index < -0.39 is 17.1 Å². The Bertz CT molecular complexity index is 1480. The predicted molar refractivity (Wildman–Crippen MR) is 164 cm³/mol. The lowest BCUT2D eigenvalue weighted by atomic mass is 9.49. The highest BCUT2D eigenvalue weighted by molar-refractivity contribution is 5.90. The number of likely N-dealkylation sites (tertiary alicyclic amines) is 2. The summed E-state index contributed by atoms with van der Waals surface area (Å²) < 4.78 is 17.1. The minimum atomic E-state index is -0.900. The van der Waals surface area contributed by atoms with Gasteiger partial charge in [0, 0.05) is 29.5 Å². The van der Waals surface area contributed by atoms with E-state index in [1.807, 2.05) is 6.07 Å². The van der Waals surface area contributed by atoms with Crippen LogP contribution < -0.4 is 14.2 Å². The fourth-order valence-corrected chi connectivity index (χ4v) is 11.0. The number of hydrogen-bond donors (Lipinski definition) is 1. The van der Waals surface area contributed by atoms with Gasteiger partial charge in [0.2, 0.25) is 0 Å². The van der Waals surface area contributed by atoms with Gasteiger partial charge in [-0.1, -0.05) is 25.0 Å². The predicted octanol–water partition coefficient (Wildman–Crippen LogP) is 4.43. The first-order chi connectivity index (χ1) is 20.8. The van der Waals surface area contributed by atoms with E-state index in [0.717, 1.165) is 42.7 Å². The third kappa shape index (κ3) is 3.56. The fraction of sp³-hybridized carbons (Fsp3) is 0.639. The number of likely N-dealkylation sites (N-methyl/N-ethyl adjacent to an activating group) is 2. The number of benzene rings is 2. The molecule has 9 rings (SSSR count). The summed E-state index contributed by atoms with van der Waals surface area (Å²) in [4.78, 5) is 17.5. The minimum absolute atomic E-state index is 0.0438. The summed E-state index contributed by atoms with van der Waals surface area (Å²) in [6, 6.07) is 11.6. The maximum Gasteiger partial charge on any atom is 0.174 e. The lowest BCUT2D eigenvalue weighted by Gasteiger charge is -2.62. The van der Waals surface area contributed by atoms with E-state index in [1.165, 1.54) is 50.6 Å². The molecule has 230 valence electrons. The van der Waals surface area contributed by atoms with Crippen LogP contribution in [0, 0.1) is 5.92 Å². The molecule has 1 N–H and O–H groups in total. The highest BCUT2D eigenvalue weighted by atomic mass is 16.5. The van der Waals surface area contributed by atoms with Crippen molar-refractivity contribution in [1.29, 1.82) is 0 Å². The van der Waals surface area contributed by atoms with Gasteiger partial charge in [-0.05, 0) is 113 Å². The molecule has 4 bridgehead atoms. The van der Waals surface area contributed by atoms with Crippen molar-refractivity contribution in [3.8, 4) is 17.2 Å². The molecule has 4 fully saturated rings. The largest absolute Gasteiger partial charge is 0.497 e. The van der Waals surface area contributed by atoms with E-state index in [-0.39, 0.29) is 11.8 Å². The number of piperidine rings is 2. The van der Waals surface area contributed by atoms with Crippen molar-refractivity contribution in [2.24, 2.45) is 5.92 Å². The van der Waals surface area contributed by atoms with Crippen molar-refractivity contribution in [1.82, 2.24) is 9.80 Å². The Kier molecular flexibility index (Phi) is 6.29. The third-order valence-corrected chi connectivity index (χ3v) is 13.1. The molecule has 4 aliphatic carbocycles. The summed E-state index contributed by atoms with van der Waals surface area (Å²) >= 11 is 0. The molecule has 7 aliphatic rings. The Morgan fingerprint density at radius 2 is 1.74 bits per heavy atom. The van der Waals surface area contributed by atoms with Crippen molar-refractivity contribution in [2.45, 2.75) is 98.8 Å². The van der Waals surface area contributed by atoms with Gasteiger partial charge in [0.25, 0.3) is 0 Å². The number of rotatable bonds is 2. The van der Waals surface area contributed by atoms with Crippen molar-refractivity contribution in [3.63, 3.8) is 0 Å². The molecular formula is C36H46N2O5. The lowest BCUT2D eigenvalue weighted by molar-refractivity contribution is -0.185. The van der Waals surface area contributed by atoms with Gasteiger partial charge in [0.05, 0.1) is 25.2 Å². The summed E-state index contributed by atoms with van der Waals surface area (Å²) in [5.74, 6) is 3.38. The van der Waals surface area contributed by atoms with Gasteiger partial charge in [-0.25, -0.2) is 0 Å². The zero-order chi connectivity index (χ0) is 29.7. The maximum absolute atomic E-state index is 12.7. The number of fused-ring (bicyclic) bond motifs is 1. The summed E-state index contributed by atoms with van der Waals surface area (Å²) in [5, 5.41) is 11.7. The number of methoxy groups -OCH3 is 2. The minimum Gasteiger partial charge on any atom is -0.497 e. The number of Topliss-reactive ketones (excluding diaryl/α,β-unsaturated/α-hetero) is 1. The molecule has 2 aromatic rings. The summed E-state index contributed by atoms with van der Waals surface area (Å²) in [6.45, 7) is 2.13. The highest BCUT2D eigenvalue weighted by Crippen LogP contribution is 2.64. The number of hydrogen-bond acceptors (Lipinski definition) is 7. The van der Waals surface area contributed by atoms with Crippen LogP contribution in [0.3, 0.4) is 0 Å². The molecule has 3 aliphatic heterocycles. The van der Waals surface area contributed by atoms with Crippen LogP contribution in [-0.2, 0) is 28.5 Å². The van der Waals surface area contributed by atoms with Crippen LogP contribution in [0.1, 0.15) is 73.6 Å². The quantitative estimate of drug-likeness (QED) is 0.558. The highest BCUT2D eigenvalue weighted by Gasteiger charge is 2.72. The zero-order valence-electron chi connectivity index (χ0n) is 26.2. The molecule has 2 saturated carbocycles. The van der Waals surface area contributed by atoms with Crippen LogP contribution >= 0.6 is 0 Å². The van der Waals surface area contributed by atoms with E-state index in [4.69, 9.17) is 14.2 Å². The Balaban J connectivity index is 0.000000131. The monoisotopic (exact) mass is 586 g/mol. The topological polar surface area (TPSA) is 71.5 Å². The van der Waals surface area contributed by atoms with Crippen LogP contribution in [-0.4, -0.2) is 85.9 Å². The van der Waals surface area contributed by atoms with Crippen LogP contribution in [0.4, 0.5) is 0 Å². The number of ketones is 1. The molecule has 2 saturated heterocycles. The first-order valence-electron chi connectivity index (χ1n) is 16.5. The molecule has 0 radical (unpaired) electrons. The normalized spacial score (nSPS) is 38.5. The van der Waals surface area contributed by atoms with E-state index in [0.29, 0.717) is 29.8 Å². The Morgan fingerprint density at radius 1 is 0.930 bits per heavy atom. The Morgan fingerprint density at radius 3 is 2.56 bits per heavy atom. The van der Waals surface area contributed by atoms with Gasteiger partial charge in [0.1, 0.15) is 5.75 Å². The SMILES string of the molecule is COc1ccc2c(c1)[C@]13CCCC[C@@H]1[C@H](C2)N(C)CC3.COc1ccc2c3c1O[C@H]1C(=O)CC[C@@]4(O)[C@@H](C2)N(C)CC[C@]314. The number of ether oxygens (including phenoxy) is 3. The molecule has 0 aromatic heterocycles. The molecule has 0 amide bonds. The van der Waals surface area contributed by atoms with Crippen molar-refractivity contribution >= 4 is 5.78 Å². The second kappa shape index (κ2) is 9.69. The van der Waals surface area contributed by atoms with E-state index in [9.17, 15) is 9.90 Å². The van der Waals surface area contributed by atoms with Crippen LogP contribution in [0.15, 0.2) is 30.3 Å². The second-order valence-electron chi connectivity index (χ2n) is 14.5. The zero-order valence-corrected chi connectivity index (χ0v) is 26.2. The standard InChI is InChI=1S/C18H21NO4.C18H25NO/c1-19-8-7-17-14-10-3-4-12(22-2)15(14)23-16(17)11(20)5-6-18(17,21)13(19)9-10;1-19-10-9-18-8-4-3-5-15(18)17(19)11-13-6-7-14(20-2)12-16(13)18/h3-4,13,16,21H,5-9H2,1-2H3;6-7,12,15,17H,3-5,8-11H2,1-2H3/t13-,16+,17+,18-;15-,17+,18+/m11/s1. The lowest BCUT2D eigenvalue weighted by Crippen LogP contribution is -2.76. The molecule has 3 heterocycles. The van der Waals surface area contributed by atoms with Crippen LogP contribution in [0.2, 0.25) is 0 Å². The number of nitrogens with zero attached hydrogens (tertiary/aromatic N) is 2. The summed E-state index contributed by atoms with van der Waals surface area (Å²) in [5.41, 5.74) is 4.41. The summed E-state index contributed by atoms with van der Waals surface area (Å²) in [6.07, 6.45) is 10.1. The van der Waals surface area contributed by atoms with Crippen molar-refractivity contribution in [3.05, 3.63) is 52.6 Å². The van der Waals surface area contributed by atoms with Crippen molar-refractivity contribution < 1.29 is 24.1 Å². The van der Waals surface area contributed by atoms with Crippen LogP contribution in [0.5, 0.6) is 17.2 Å². The van der Waals surface area contributed by atoms with E-state index in [2.05, 4.69) is 48.2 Å². The van der Waals surface area contributed by atoms with Gasteiger partial charge in [-0.2, -0.15) is 0 Å². The number of carbonyl (C=O) groups is 1. The van der Waals surface area contributed by atoms with Gasteiger partial charge in [0.15, 0.2) is 23.4 Å². The number of aliphatic hydroxyl groups is 1. The second-order valence-corrected chi connectivity index (χ2v) is 14.5. The average molecular weight is 587 g/mol. The average Bonchev–Trinajstić information content (AvgIpc) is 3.39. The molecule has 7 atom stereocenters. The smallest absolute Gasteiger partial charge is 0.174 e. The van der Waals surface area contributed by atoms with E-state index in [1.54, 1.807) is 25.3 Å². The molecular weight excluding hydrogens is 540 g/mol.